The lowest BCUT2D eigenvalue weighted by molar-refractivity contribution is -0.126. The van der Waals surface area contributed by atoms with E-state index in [9.17, 15) is 18.8 Å². The highest BCUT2D eigenvalue weighted by Crippen LogP contribution is 2.28. The summed E-state index contributed by atoms with van der Waals surface area (Å²) < 4.78 is 15.8. The number of aromatic nitrogens is 1. The van der Waals surface area contributed by atoms with E-state index in [4.69, 9.17) is 11.5 Å². The van der Waals surface area contributed by atoms with E-state index in [-0.39, 0.29) is 42.3 Å². The van der Waals surface area contributed by atoms with Gasteiger partial charge in [-0.1, -0.05) is 54.6 Å². The third-order valence-electron chi connectivity index (χ3n) is 9.71. The van der Waals surface area contributed by atoms with Crippen molar-refractivity contribution >= 4 is 46.0 Å². The van der Waals surface area contributed by atoms with Crippen LogP contribution in [0.1, 0.15) is 54.4 Å². The van der Waals surface area contributed by atoms with Gasteiger partial charge in [-0.05, 0) is 103 Å². The third-order valence-corrected chi connectivity index (χ3v) is 9.71. The molecule has 4 aromatic carbocycles. The minimum atomic E-state index is -0.799. The number of anilines is 1. The molecule has 1 saturated heterocycles. The van der Waals surface area contributed by atoms with Gasteiger partial charge < -0.3 is 32.0 Å². The second kappa shape index (κ2) is 18.8. The predicted octanol–water partition coefficient (Wildman–Crippen LogP) is 5.52. The van der Waals surface area contributed by atoms with Crippen LogP contribution >= 0.6 is 0 Å². The number of carbonyl (C=O) groups is 3. The molecular weight excluding hydrogens is 696 g/mol. The van der Waals surface area contributed by atoms with Crippen LogP contribution in [0.25, 0.3) is 10.9 Å². The smallest absolute Gasteiger partial charge is 0.247 e. The maximum Gasteiger partial charge on any atom is 0.247 e. The molecule has 1 aliphatic rings. The van der Waals surface area contributed by atoms with E-state index in [0.29, 0.717) is 43.7 Å². The number of guanidine groups is 1. The van der Waals surface area contributed by atoms with Crippen molar-refractivity contribution in [1.82, 2.24) is 20.1 Å². The van der Waals surface area contributed by atoms with Crippen molar-refractivity contribution in [2.24, 2.45) is 16.5 Å². The van der Waals surface area contributed by atoms with Gasteiger partial charge in [-0.25, -0.2) is 9.38 Å². The Morgan fingerprint density at radius 1 is 0.800 bits per heavy atom. The van der Waals surface area contributed by atoms with Gasteiger partial charge in [0.15, 0.2) is 5.96 Å². The fourth-order valence-corrected chi connectivity index (χ4v) is 7.00. The van der Waals surface area contributed by atoms with Crippen molar-refractivity contribution in [3.05, 3.63) is 131 Å². The summed E-state index contributed by atoms with van der Waals surface area (Å²) >= 11 is 0. The Morgan fingerprint density at radius 3 is 2.33 bits per heavy atom. The number of benzene rings is 4. The van der Waals surface area contributed by atoms with Crippen LogP contribution in [0.3, 0.4) is 0 Å². The number of aliphatic imine (C=N–C) groups is 1. The van der Waals surface area contributed by atoms with Crippen LogP contribution in [0.5, 0.6) is 0 Å². The van der Waals surface area contributed by atoms with Crippen LogP contribution < -0.4 is 27.4 Å². The summed E-state index contributed by atoms with van der Waals surface area (Å²) in [5.74, 6) is -0.999. The topological polar surface area (TPSA) is 160 Å². The number of likely N-dealkylation sites (tertiary alicyclic amines) is 1. The number of hydrogen-bond acceptors (Lipinski definition) is 5. The number of halogens is 1. The van der Waals surface area contributed by atoms with Gasteiger partial charge in [0.05, 0.1) is 12.1 Å². The summed E-state index contributed by atoms with van der Waals surface area (Å²) in [5.41, 5.74) is 17.0. The average molecular weight is 745 g/mol. The fourth-order valence-electron chi connectivity index (χ4n) is 7.00. The number of rotatable bonds is 17. The molecule has 1 fully saturated rings. The molecule has 0 bridgehead atoms. The summed E-state index contributed by atoms with van der Waals surface area (Å²) in [5, 5.41) is 9.99. The number of hydrogen-bond donors (Lipinski definition) is 5. The monoisotopic (exact) mass is 744 g/mol. The quantitative estimate of drug-likeness (QED) is 0.0479. The van der Waals surface area contributed by atoms with Crippen molar-refractivity contribution < 1.29 is 18.8 Å². The van der Waals surface area contributed by atoms with Crippen LogP contribution in [-0.2, 0) is 40.3 Å². The molecule has 7 N–H and O–H groups in total. The zero-order valence-electron chi connectivity index (χ0n) is 31.0. The predicted molar refractivity (Wildman–Crippen MR) is 215 cm³/mol. The molecule has 286 valence electrons. The van der Waals surface area contributed by atoms with Crippen molar-refractivity contribution in [1.29, 1.82) is 0 Å². The van der Waals surface area contributed by atoms with Gasteiger partial charge >= 0.3 is 0 Å². The normalized spacial score (nSPS) is 13.3. The van der Waals surface area contributed by atoms with Crippen LogP contribution in [0.2, 0.25) is 0 Å². The summed E-state index contributed by atoms with van der Waals surface area (Å²) in [6, 6.07) is 28.4. The highest BCUT2D eigenvalue weighted by molar-refractivity contribution is 5.99. The summed E-state index contributed by atoms with van der Waals surface area (Å²) in [7, 11) is 0. The van der Waals surface area contributed by atoms with Gasteiger partial charge in [-0.15, -0.1) is 0 Å². The van der Waals surface area contributed by atoms with E-state index >= 15 is 0 Å². The minimum absolute atomic E-state index is 0.0515. The number of unbranched alkanes of at least 4 members (excludes halogenated alkanes) is 1. The number of carbonyl (C=O) groups excluding carboxylic acids is 3. The van der Waals surface area contributed by atoms with Crippen LogP contribution in [0.15, 0.2) is 108 Å². The summed E-state index contributed by atoms with van der Waals surface area (Å²) in [6.07, 6.45) is 6.38. The first-order valence-corrected chi connectivity index (χ1v) is 18.9. The Bertz CT molecular complexity index is 2110. The van der Waals surface area contributed by atoms with E-state index in [2.05, 4.69) is 36.6 Å². The maximum absolute atomic E-state index is 13.9. The highest BCUT2D eigenvalue weighted by Gasteiger charge is 2.23. The molecule has 0 spiro atoms. The van der Waals surface area contributed by atoms with Crippen LogP contribution in [0.4, 0.5) is 15.8 Å². The first-order valence-electron chi connectivity index (χ1n) is 18.9. The zero-order chi connectivity index (χ0) is 38.6. The van der Waals surface area contributed by atoms with Crippen LogP contribution in [-0.4, -0.2) is 58.8 Å². The molecule has 1 aliphatic heterocycles. The van der Waals surface area contributed by atoms with Crippen molar-refractivity contribution in [2.45, 2.75) is 64.1 Å². The molecule has 11 nitrogen and oxygen atoms in total. The standard InChI is InChI=1S/C43H49FN8O3/c44-34-16-14-31(15-17-34)27-52-29-33(28-51-21-6-7-22-51)37-26-36(18-19-39(37)52)48-42(55)38(24-30-9-2-1-3-10-30)50-40(53)13-4-5-20-47-41(54)25-32-11-8-12-35(23-32)49-43(45)46/h1-3,8-12,14-19,23,26,29,38H,4-7,13,20-22,24-25,27-28H2,(H,47,54)(H,48,55)(H,50,53)(H4,45,46,49). The lowest BCUT2D eigenvalue weighted by Crippen LogP contribution is -2.45. The molecule has 1 atom stereocenters. The highest BCUT2D eigenvalue weighted by atomic mass is 19.1. The van der Waals surface area contributed by atoms with Crippen molar-refractivity contribution in [2.75, 3.05) is 25.0 Å². The molecule has 5 aromatic rings. The molecule has 0 radical (unpaired) electrons. The molecule has 1 aromatic heterocycles. The Balaban J connectivity index is 1.07. The SMILES string of the molecule is NC(N)=Nc1cccc(CC(=O)NCCCCC(=O)NC(Cc2ccccc2)C(=O)Nc2ccc3c(c2)c(CN2CCCC2)cn3Cc2ccc(F)cc2)c1. The molecule has 0 aliphatic carbocycles. The van der Waals surface area contributed by atoms with Gasteiger partial charge in [0, 0.05) is 55.3 Å². The van der Waals surface area contributed by atoms with Gasteiger partial charge in [-0.2, -0.15) is 0 Å². The fraction of sp³-hybridized carbons (Fsp3) is 0.302. The molecule has 2 heterocycles. The average Bonchev–Trinajstić information content (AvgIpc) is 3.80. The number of nitrogens with two attached hydrogens (primary N) is 2. The second-order valence-corrected chi connectivity index (χ2v) is 14.1. The van der Waals surface area contributed by atoms with Gasteiger partial charge in [0.1, 0.15) is 11.9 Å². The zero-order valence-corrected chi connectivity index (χ0v) is 31.0. The largest absolute Gasteiger partial charge is 0.370 e. The first-order chi connectivity index (χ1) is 26.7. The van der Waals surface area contributed by atoms with Gasteiger partial charge in [0.25, 0.3) is 0 Å². The van der Waals surface area contributed by atoms with Crippen molar-refractivity contribution in [3.8, 4) is 0 Å². The third kappa shape index (κ3) is 11.5. The molecule has 0 saturated carbocycles. The second-order valence-electron chi connectivity index (χ2n) is 14.1. The number of nitrogens with zero attached hydrogens (tertiary/aromatic N) is 3. The van der Waals surface area contributed by atoms with Gasteiger partial charge in [0.2, 0.25) is 17.7 Å². The number of fused-ring (bicyclic) bond motifs is 1. The van der Waals surface area contributed by atoms with E-state index in [1.807, 2.05) is 54.6 Å². The molecule has 1 unspecified atom stereocenters. The van der Waals surface area contributed by atoms with E-state index < -0.39 is 6.04 Å². The number of nitrogens with one attached hydrogen (secondary N) is 3. The Hall–Kier alpha value is -6.01. The molecule has 12 heteroatoms. The van der Waals surface area contributed by atoms with Crippen molar-refractivity contribution in [3.63, 3.8) is 0 Å². The van der Waals surface area contributed by atoms with E-state index in [1.165, 1.54) is 25.0 Å². The summed E-state index contributed by atoms with van der Waals surface area (Å²) in [6.45, 7) is 3.91. The number of amides is 3. The molecule has 6 rings (SSSR count). The van der Waals surface area contributed by atoms with E-state index in [1.54, 1.807) is 30.3 Å². The first kappa shape index (κ1) is 38.7. The minimum Gasteiger partial charge on any atom is -0.370 e. The molecule has 55 heavy (non-hydrogen) atoms. The van der Waals surface area contributed by atoms with Crippen LogP contribution in [0, 0.1) is 5.82 Å². The lowest BCUT2D eigenvalue weighted by Gasteiger charge is -2.19. The maximum atomic E-state index is 13.9. The van der Waals surface area contributed by atoms with E-state index in [0.717, 1.165) is 52.8 Å². The molecular formula is C43H49FN8O3. The van der Waals surface area contributed by atoms with Gasteiger partial charge in [-0.3, -0.25) is 19.3 Å². The Kier molecular flexibility index (Phi) is 13.3. The lowest BCUT2D eigenvalue weighted by atomic mass is 10.0. The molecule has 3 amide bonds. The Labute approximate surface area is 321 Å². The Morgan fingerprint density at radius 2 is 1.56 bits per heavy atom. The summed E-state index contributed by atoms with van der Waals surface area (Å²) in [4.78, 5) is 46.0.